The molecule has 2 heteroatoms. The van der Waals surface area contributed by atoms with Gasteiger partial charge in [-0.05, 0) is 28.8 Å². The van der Waals surface area contributed by atoms with Crippen molar-refractivity contribution in [2.75, 3.05) is 6.54 Å². The largest absolute Gasteiger partial charge is 0.508 e. The Kier molecular flexibility index (Phi) is 3.58. The van der Waals surface area contributed by atoms with E-state index in [9.17, 15) is 5.11 Å². The Bertz CT molecular complexity index is 497. The SMILES string of the molecule is NCC=Cc1ccc(-c2ccc(O)cc2)cc1. The third-order valence-corrected chi connectivity index (χ3v) is 2.56. The molecule has 86 valence electrons. The number of hydrogen-bond acceptors (Lipinski definition) is 2. The van der Waals surface area contributed by atoms with Gasteiger partial charge in [-0.25, -0.2) is 0 Å². The van der Waals surface area contributed by atoms with Gasteiger partial charge in [-0.2, -0.15) is 0 Å². The van der Waals surface area contributed by atoms with Crippen LogP contribution in [0.1, 0.15) is 5.56 Å². The predicted octanol–water partition coefficient (Wildman–Crippen LogP) is 3.03. The minimum absolute atomic E-state index is 0.288. The average Bonchev–Trinajstić information content (AvgIpc) is 2.38. The molecule has 0 unspecified atom stereocenters. The van der Waals surface area contributed by atoms with Crippen molar-refractivity contribution in [3.8, 4) is 16.9 Å². The highest BCUT2D eigenvalue weighted by Gasteiger charge is 1.97. The minimum Gasteiger partial charge on any atom is -0.508 e. The lowest BCUT2D eigenvalue weighted by atomic mass is 10.0. The van der Waals surface area contributed by atoms with Crippen LogP contribution in [0.25, 0.3) is 17.2 Å². The highest BCUT2D eigenvalue weighted by Crippen LogP contribution is 2.22. The molecule has 0 aliphatic rings. The van der Waals surface area contributed by atoms with E-state index in [-0.39, 0.29) is 5.75 Å². The summed E-state index contributed by atoms with van der Waals surface area (Å²) < 4.78 is 0. The Morgan fingerprint density at radius 1 is 0.882 bits per heavy atom. The monoisotopic (exact) mass is 225 g/mol. The number of phenols is 1. The molecular weight excluding hydrogens is 210 g/mol. The Hall–Kier alpha value is -2.06. The lowest BCUT2D eigenvalue weighted by Crippen LogP contribution is -1.91. The van der Waals surface area contributed by atoms with Crippen molar-refractivity contribution in [1.82, 2.24) is 0 Å². The molecule has 3 N–H and O–H groups in total. The van der Waals surface area contributed by atoms with Crippen LogP contribution in [0.4, 0.5) is 0 Å². The van der Waals surface area contributed by atoms with Crippen molar-refractivity contribution < 1.29 is 5.11 Å². The average molecular weight is 225 g/mol. The maximum atomic E-state index is 9.22. The normalized spacial score (nSPS) is 10.9. The van der Waals surface area contributed by atoms with Crippen LogP contribution >= 0.6 is 0 Å². The summed E-state index contributed by atoms with van der Waals surface area (Å²) in [7, 11) is 0. The van der Waals surface area contributed by atoms with Crippen LogP contribution in [0.5, 0.6) is 5.75 Å². The maximum Gasteiger partial charge on any atom is 0.115 e. The van der Waals surface area contributed by atoms with E-state index < -0.39 is 0 Å². The van der Waals surface area contributed by atoms with Crippen molar-refractivity contribution in [2.45, 2.75) is 0 Å². The van der Waals surface area contributed by atoms with Crippen LogP contribution in [-0.4, -0.2) is 11.7 Å². The number of rotatable bonds is 3. The van der Waals surface area contributed by atoms with Gasteiger partial charge in [0.1, 0.15) is 5.75 Å². The van der Waals surface area contributed by atoms with Crippen LogP contribution in [0, 0.1) is 0 Å². The van der Waals surface area contributed by atoms with Gasteiger partial charge >= 0.3 is 0 Å². The summed E-state index contributed by atoms with van der Waals surface area (Å²) in [5, 5.41) is 9.22. The number of aromatic hydroxyl groups is 1. The topological polar surface area (TPSA) is 46.2 Å². The number of hydrogen-bond donors (Lipinski definition) is 2. The second-order valence-corrected chi connectivity index (χ2v) is 3.81. The second kappa shape index (κ2) is 5.32. The first-order valence-corrected chi connectivity index (χ1v) is 5.55. The van der Waals surface area contributed by atoms with Crippen LogP contribution in [0.3, 0.4) is 0 Å². The van der Waals surface area contributed by atoms with Gasteiger partial charge in [-0.15, -0.1) is 0 Å². The fourth-order valence-corrected chi connectivity index (χ4v) is 1.64. The predicted molar refractivity (Wildman–Crippen MR) is 71.6 cm³/mol. The molecule has 0 aromatic heterocycles. The van der Waals surface area contributed by atoms with E-state index in [0.717, 1.165) is 16.7 Å². The standard InChI is InChI=1S/C15H15NO/c16-11-1-2-12-3-5-13(6-4-12)14-7-9-15(17)10-8-14/h1-10,17H,11,16H2. The molecule has 2 rings (SSSR count). The van der Waals surface area contributed by atoms with Gasteiger partial charge in [-0.1, -0.05) is 48.6 Å². The third kappa shape index (κ3) is 2.95. The summed E-state index contributed by atoms with van der Waals surface area (Å²) in [5.74, 6) is 0.288. The Morgan fingerprint density at radius 3 is 1.94 bits per heavy atom. The van der Waals surface area contributed by atoms with Crippen molar-refractivity contribution in [3.05, 3.63) is 60.2 Å². The zero-order chi connectivity index (χ0) is 12.1. The van der Waals surface area contributed by atoms with Crippen molar-refractivity contribution in [3.63, 3.8) is 0 Å². The number of phenolic OH excluding ortho intramolecular Hbond substituents is 1. The summed E-state index contributed by atoms with van der Waals surface area (Å²) in [5.41, 5.74) is 8.77. The lowest BCUT2D eigenvalue weighted by molar-refractivity contribution is 0.475. The van der Waals surface area contributed by atoms with E-state index in [2.05, 4.69) is 12.1 Å². The summed E-state index contributed by atoms with van der Waals surface area (Å²) in [6, 6.07) is 15.4. The first-order chi connectivity index (χ1) is 8.29. The van der Waals surface area contributed by atoms with E-state index in [1.165, 1.54) is 0 Å². The number of benzene rings is 2. The molecule has 2 aromatic carbocycles. The van der Waals surface area contributed by atoms with E-state index in [1.54, 1.807) is 12.1 Å². The quantitative estimate of drug-likeness (QED) is 0.843. The smallest absolute Gasteiger partial charge is 0.115 e. The molecule has 0 fully saturated rings. The van der Waals surface area contributed by atoms with Crippen LogP contribution in [0.2, 0.25) is 0 Å². The molecule has 0 aliphatic carbocycles. The van der Waals surface area contributed by atoms with E-state index in [0.29, 0.717) is 6.54 Å². The van der Waals surface area contributed by atoms with E-state index >= 15 is 0 Å². The zero-order valence-corrected chi connectivity index (χ0v) is 9.51. The molecule has 0 radical (unpaired) electrons. The molecule has 0 amide bonds. The first kappa shape index (κ1) is 11.4. The summed E-state index contributed by atoms with van der Waals surface area (Å²) in [4.78, 5) is 0. The third-order valence-electron chi connectivity index (χ3n) is 2.56. The van der Waals surface area contributed by atoms with Gasteiger partial charge in [0.2, 0.25) is 0 Å². The van der Waals surface area contributed by atoms with Gasteiger partial charge in [-0.3, -0.25) is 0 Å². The Labute approximate surface area is 101 Å². The summed E-state index contributed by atoms with van der Waals surface area (Å²) in [6.45, 7) is 0.555. The van der Waals surface area contributed by atoms with Crippen molar-refractivity contribution >= 4 is 6.08 Å². The molecule has 0 bridgehead atoms. The van der Waals surface area contributed by atoms with E-state index in [1.807, 2.05) is 36.4 Å². The van der Waals surface area contributed by atoms with Gasteiger partial charge in [0.05, 0.1) is 0 Å². The Morgan fingerprint density at radius 2 is 1.41 bits per heavy atom. The second-order valence-electron chi connectivity index (χ2n) is 3.81. The van der Waals surface area contributed by atoms with Crippen molar-refractivity contribution in [2.24, 2.45) is 5.73 Å². The fraction of sp³-hybridized carbons (Fsp3) is 0.0667. The van der Waals surface area contributed by atoms with E-state index in [4.69, 9.17) is 5.73 Å². The van der Waals surface area contributed by atoms with Gasteiger partial charge in [0, 0.05) is 6.54 Å². The van der Waals surface area contributed by atoms with Gasteiger partial charge in [0.25, 0.3) is 0 Å². The molecule has 2 nitrogen and oxygen atoms in total. The molecule has 2 aromatic rings. The lowest BCUT2D eigenvalue weighted by Gasteiger charge is -2.02. The molecule has 0 atom stereocenters. The van der Waals surface area contributed by atoms with Crippen molar-refractivity contribution in [1.29, 1.82) is 0 Å². The highest BCUT2D eigenvalue weighted by molar-refractivity contribution is 5.66. The van der Waals surface area contributed by atoms with Crippen LogP contribution in [-0.2, 0) is 0 Å². The molecule has 17 heavy (non-hydrogen) atoms. The molecule has 0 heterocycles. The minimum atomic E-state index is 0.288. The first-order valence-electron chi connectivity index (χ1n) is 5.55. The maximum absolute atomic E-state index is 9.22. The Balaban J connectivity index is 2.23. The van der Waals surface area contributed by atoms with Gasteiger partial charge < -0.3 is 10.8 Å². The highest BCUT2D eigenvalue weighted by atomic mass is 16.3. The number of nitrogens with two attached hydrogens (primary N) is 1. The fourth-order valence-electron chi connectivity index (χ4n) is 1.64. The molecule has 0 saturated heterocycles. The molecule has 0 saturated carbocycles. The zero-order valence-electron chi connectivity index (χ0n) is 9.51. The molecular formula is C15H15NO. The molecule has 0 spiro atoms. The van der Waals surface area contributed by atoms with Crippen LogP contribution in [0.15, 0.2) is 54.6 Å². The summed E-state index contributed by atoms with van der Waals surface area (Å²) >= 11 is 0. The summed E-state index contributed by atoms with van der Waals surface area (Å²) in [6.07, 6.45) is 3.93. The van der Waals surface area contributed by atoms with Gasteiger partial charge in [0.15, 0.2) is 0 Å². The van der Waals surface area contributed by atoms with Crippen LogP contribution < -0.4 is 5.73 Å². The molecule has 0 aliphatic heterocycles.